The van der Waals surface area contributed by atoms with Crippen LogP contribution in [-0.2, 0) is 13.0 Å². The maximum Gasteiger partial charge on any atom is 0.274 e. The van der Waals surface area contributed by atoms with E-state index in [2.05, 4.69) is 30.3 Å². The zero-order valence-electron chi connectivity index (χ0n) is 14.2. The number of hydrogen-bond acceptors (Lipinski definition) is 5. The first-order valence-electron chi connectivity index (χ1n) is 8.35. The van der Waals surface area contributed by atoms with Gasteiger partial charge in [0.2, 0.25) is 0 Å². The monoisotopic (exact) mass is 337 g/mol. The lowest BCUT2D eigenvalue weighted by atomic mass is 10.2. The molecule has 3 heterocycles. The molecule has 0 fully saturated rings. The Kier molecular flexibility index (Phi) is 3.79. The Morgan fingerprint density at radius 3 is 2.80 bits per heavy atom. The molecule has 128 valence electrons. The molecule has 1 N–H and O–H groups in total. The van der Waals surface area contributed by atoms with E-state index in [9.17, 15) is 4.79 Å². The summed E-state index contributed by atoms with van der Waals surface area (Å²) in [5, 5.41) is 20.0. The van der Waals surface area contributed by atoms with Crippen LogP contribution in [-0.4, -0.2) is 35.7 Å². The Morgan fingerprint density at radius 2 is 2.00 bits per heavy atom. The van der Waals surface area contributed by atoms with Crippen LogP contribution in [0.5, 0.6) is 0 Å². The second-order valence-corrected chi connectivity index (χ2v) is 6.18. The second kappa shape index (κ2) is 6.12. The SMILES string of the molecule is Cc1nn(-c2ccccc2)nc1C(=O)NC(C)c1nnc2n1CCC2. The summed E-state index contributed by atoms with van der Waals surface area (Å²) in [7, 11) is 0. The van der Waals surface area contributed by atoms with E-state index in [4.69, 9.17) is 0 Å². The van der Waals surface area contributed by atoms with Crippen LogP contribution < -0.4 is 5.32 Å². The van der Waals surface area contributed by atoms with Crippen LogP contribution in [0.4, 0.5) is 0 Å². The molecule has 1 aliphatic rings. The number of benzene rings is 1. The van der Waals surface area contributed by atoms with Gasteiger partial charge in [-0.25, -0.2) is 0 Å². The van der Waals surface area contributed by atoms with Crippen LogP contribution in [0.3, 0.4) is 0 Å². The molecule has 0 radical (unpaired) electrons. The molecule has 0 saturated heterocycles. The van der Waals surface area contributed by atoms with Gasteiger partial charge in [0.05, 0.1) is 17.4 Å². The lowest BCUT2D eigenvalue weighted by molar-refractivity contribution is 0.0931. The number of carbonyl (C=O) groups excluding carboxylic acids is 1. The minimum atomic E-state index is -0.262. The zero-order chi connectivity index (χ0) is 17.4. The molecule has 1 amide bonds. The van der Waals surface area contributed by atoms with Crippen molar-refractivity contribution in [2.45, 2.75) is 39.3 Å². The van der Waals surface area contributed by atoms with E-state index in [0.717, 1.165) is 36.7 Å². The minimum absolute atomic E-state index is 0.242. The van der Waals surface area contributed by atoms with Crippen molar-refractivity contribution >= 4 is 5.91 Å². The molecule has 1 aliphatic heterocycles. The molecule has 4 rings (SSSR count). The Balaban J connectivity index is 1.54. The smallest absolute Gasteiger partial charge is 0.274 e. The summed E-state index contributed by atoms with van der Waals surface area (Å²) in [5.41, 5.74) is 1.71. The summed E-state index contributed by atoms with van der Waals surface area (Å²) < 4.78 is 2.08. The normalized spacial score (nSPS) is 14.3. The molecule has 2 aromatic heterocycles. The van der Waals surface area contributed by atoms with E-state index in [1.165, 1.54) is 4.80 Å². The van der Waals surface area contributed by atoms with E-state index in [0.29, 0.717) is 11.4 Å². The number of hydrogen-bond donors (Lipinski definition) is 1. The molecule has 0 aliphatic carbocycles. The summed E-state index contributed by atoms with van der Waals surface area (Å²) in [5.74, 6) is 1.51. The number of fused-ring (bicyclic) bond motifs is 1. The third-order valence-electron chi connectivity index (χ3n) is 4.36. The Morgan fingerprint density at radius 1 is 1.20 bits per heavy atom. The Labute approximate surface area is 144 Å². The van der Waals surface area contributed by atoms with Crippen LogP contribution in [0.25, 0.3) is 5.69 Å². The Hall–Kier alpha value is -3.03. The van der Waals surface area contributed by atoms with Gasteiger partial charge >= 0.3 is 0 Å². The van der Waals surface area contributed by atoms with Crippen molar-refractivity contribution in [3.8, 4) is 5.69 Å². The first kappa shape index (κ1) is 15.5. The first-order chi connectivity index (χ1) is 12.1. The van der Waals surface area contributed by atoms with Crippen molar-refractivity contribution in [3.63, 3.8) is 0 Å². The highest BCUT2D eigenvalue weighted by molar-refractivity contribution is 5.93. The van der Waals surface area contributed by atoms with Gasteiger partial charge in [-0.1, -0.05) is 18.2 Å². The molecular formula is C17H19N7O. The number of amides is 1. The van der Waals surface area contributed by atoms with Crippen LogP contribution >= 0.6 is 0 Å². The number of nitrogens with one attached hydrogen (secondary N) is 1. The van der Waals surface area contributed by atoms with Gasteiger partial charge in [0, 0.05) is 13.0 Å². The molecule has 25 heavy (non-hydrogen) atoms. The second-order valence-electron chi connectivity index (χ2n) is 6.18. The van der Waals surface area contributed by atoms with Crippen molar-refractivity contribution in [2.24, 2.45) is 0 Å². The third-order valence-corrected chi connectivity index (χ3v) is 4.36. The minimum Gasteiger partial charge on any atom is -0.341 e. The van der Waals surface area contributed by atoms with Gasteiger partial charge in [-0.2, -0.15) is 9.90 Å². The molecule has 3 aromatic rings. The number of rotatable bonds is 4. The zero-order valence-corrected chi connectivity index (χ0v) is 14.2. The highest BCUT2D eigenvalue weighted by atomic mass is 16.2. The molecule has 0 spiro atoms. The highest BCUT2D eigenvalue weighted by Crippen LogP contribution is 2.19. The van der Waals surface area contributed by atoms with Gasteiger partial charge in [-0.15, -0.1) is 15.3 Å². The van der Waals surface area contributed by atoms with Crippen LogP contribution in [0, 0.1) is 6.92 Å². The highest BCUT2D eigenvalue weighted by Gasteiger charge is 2.24. The van der Waals surface area contributed by atoms with Crippen molar-refractivity contribution in [2.75, 3.05) is 0 Å². The number of aromatic nitrogens is 6. The number of nitrogens with zero attached hydrogens (tertiary/aromatic N) is 6. The maximum atomic E-state index is 12.6. The summed E-state index contributed by atoms with van der Waals surface area (Å²) in [6, 6.07) is 9.27. The average Bonchev–Trinajstić information content (AvgIpc) is 3.30. The van der Waals surface area contributed by atoms with Crippen molar-refractivity contribution in [1.82, 2.24) is 35.1 Å². The van der Waals surface area contributed by atoms with E-state index in [-0.39, 0.29) is 11.9 Å². The lowest BCUT2D eigenvalue weighted by Crippen LogP contribution is -2.29. The molecule has 1 atom stereocenters. The van der Waals surface area contributed by atoms with E-state index in [1.807, 2.05) is 37.3 Å². The van der Waals surface area contributed by atoms with Gasteiger partial charge in [0.1, 0.15) is 5.82 Å². The molecule has 1 unspecified atom stereocenters. The van der Waals surface area contributed by atoms with Gasteiger partial charge in [-0.3, -0.25) is 4.79 Å². The number of para-hydroxylation sites is 1. The van der Waals surface area contributed by atoms with Crippen molar-refractivity contribution in [1.29, 1.82) is 0 Å². The van der Waals surface area contributed by atoms with Gasteiger partial charge in [0.25, 0.3) is 5.91 Å². The summed E-state index contributed by atoms with van der Waals surface area (Å²) >= 11 is 0. The molecular weight excluding hydrogens is 318 g/mol. The van der Waals surface area contributed by atoms with E-state index in [1.54, 1.807) is 6.92 Å². The van der Waals surface area contributed by atoms with Gasteiger partial charge < -0.3 is 9.88 Å². The number of aryl methyl sites for hydroxylation is 2. The topological polar surface area (TPSA) is 90.5 Å². The van der Waals surface area contributed by atoms with Gasteiger partial charge in [-0.05, 0) is 32.4 Å². The van der Waals surface area contributed by atoms with Gasteiger partial charge in [0.15, 0.2) is 11.5 Å². The molecule has 8 nitrogen and oxygen atoms in total. The third kappa shape index (κ3) is 2.79. The predicted octanol–water partition coefficient (Wildman–Crippen LogP) is 1.60. The molecule has 1 aromatic carbocycles. The summed E-state index contributed by atoms with van der Waals surface area (Å²) in [6.45, 7) is 4.59. The standard InChI is InChI=1S/C17H19N7O/c1-11-15(22-24(21-11)13-7-4-3-5-8-13)17(25)18-12(2)16-20-19-14-9-6-10-23(14)16/h3-5,7-8,12H,6,9-10H2,1-2H3,(H,18,25). The Bertz CT molecular complexity index is 912. The summed E-state index contributed by atoms with van der Waals surface area (Å²) in [4.78, 5) is 14.1. The molecule has 0 bridgehead atoms. The van der Waals surface area contributed by atoms with E-state index >= 15 is 0 Å². The van der Waals surface area contributed by atoms with Crippen LogP contribution in [0.1, 0.15) is 47.2 Å². The van der Waals surface area contributed by atoms with Crippen LogP contribution in [0.2, 0.25) is 0 Å². The molecule has 8 heteroatoms. The maximum absolute atomic E-state index is 12.6. The fraction of sp³-hybridized carbons (Fsp3) is 0.353. The molecule has 0 saturated carbocycles. The predicted molar refractivity (Wildman–Crippen MR) is 90.3 cm³/mol. The average molecular weight is 337 g/mol. The van der Waals surface area contributed by atoms with Crippen molar-refractivity contribution < 1.29 is 4.79 Å². The summed E-state index contributed by atoms with van der Waals surface area (Å²) in [6.07, 6.45) is 2.02. The quantitative estimate of drug-likeness (QED) is 0.781. The largest absolute Gasteiger partial charge is 0.341 e. The fourth-order valence-electron chi connectivity index (χ4n) is 3.09. The van der Waals surface area contributed by atoms with Crippen LogP contribution in [0.15, 0.2) is 30.3 Å². The first-order valence-corrected chi connectivity index (χ1v) is 8.35. The lowest BCUT2D eigenvalue weighted by Gasteiger charge is -2.13. The number of carbonyl (C=O) groups is 1. The van der Waals surface area contributed by atoms with E-state index < -0.39 is 0 Å². The fourth-order valence-corrected chi connectivity index (χ4v) is 3.09. The van der Waals surface area contributed by atoms with Crippen molar-refractivity contribution in [3.05, 3.63) is 53.4 Å².